The first kappa shape index (κ1) is 20.8. The van der Waals surface area contributed by atoms with E-state index >= 15 is 0 Å². The average molecular weight is 366 g/mol. The second-order valence-corrected chi connectivity index (χ2v) is 5.23. The summed E-state index contributed by atoms with van der Waals surface area (Å²) in [6.07, 6.45) is -7.14. The van der Waals surface area contributed by atoms with E-state index in [1.165, 1.54) is 0 Å². The Bertz CT molecular complexity index is 550. The SMILES string of the molecule is CC(=O)OC[C@H]1O[C@@](F)(OC(C)=O)[C@H](O)[C@@H](OC(C)=O)[C@@H]1OC(C)=O. The highest BCUT2D eigenvalue weighted by Crippen LogP contribution is 2.36. The number of esters is 4. The highest BCUT2D eigenvalue weighted by molar-refractivity contribution is 5.68. The zero-order valence-corrected chi connectivity index (χ0v) is 14.0. The van der Waals surface area contributed by atoms with Gasteiger partial charge in [0.05, 0.1) is 0 Å². The number of hydrogen-bond donors (Lipinski definition) is 1. The van der Waals surface area contributed by atoms with Gasteiger partial charge in [-0.25, -0.2) is 0 Å². The van der Waals surface area contributed by atoms with Crippen LogP contribution in [0.3, 0.4) is 0 Å². The number of carbonyl (C=O) groups is 4. The van der Waals surface area contributed by atoms with Gasteiger partial charge < -0.3 is 28.8 Å². The third-order valence-electron chi connectivity index (χ3n) is 3.00. The van der Waals surface area contributed by atoms with Gasteiger partial charge in [0.1, 0.15) is 12.7 Å². The fourth-order valence-corrected chi connectivity index (χ4v) is 2.20. The van der Waals surface area contributed by atoms with E-state index in [9.17, 15) is 28.7 Å². The van der Waals surface area contributed by atoms with Crippen molar-refractivity contribution in [3.05, 3.63) is 0 Å². The van der Waals surface area contributed by atoms with Gasteiger partial charge in [0, 0.05) is 27.7 Å². The second kappa shape index (κ2) is 8.21. The molecule has 1 N–H and O–H groups in total. The van der Waals surface area contributed by atoms with Crippen molar-refractivity contribution in [2.45, 2.75) is 58.2 Å². The number of halogens is 1. The van der Waals surface area contributed by atoms with Gasteiger partial charge in [-0.2, -0.15) is 4.39 Å². The van der Waals surface area contributed by atoms with Crippen LogP contribution in [0.15, 0.2) is 0 Å². The summed E-state index contributed by atoms with van der Waals surface area (Å²) >= 11 is 0. The highest BCUT2D eigenvalue weighted by atomic mass is 19.2. The zero-order valence-electron chi connectivity index (χ0n) is 14.0. The summed E-state index contributed by atoms with van der Waals surface area (Å²) in [4.78, 5) is 44.6. The highest BCUT2D eigenvalue weighted by Gasteiger charge is 2.61. The van der Waals surface area contributed by atoms with Crippen LogP contribution in [0.4, 0.5) is 4.39 Å². The quantitative estimate of drug-likeness (QED) is 0.494. The molecule has 11 heteroatoms. The first-order valence-electron chi connectivity index (χ1n) is 7.18. The van der Waals surface area contributed by atoms with Crippen LogP contribution in [-0.4, -0.2) is 66.0 Å². The van der Waals surface area contributed by atoms with E-state index in [0.29, 0.717) is 0 Å². The molecule has 0 aliphatic carbocycles. The van der Waals surface area contributed by atoms with E-state index in [4.69, 9.17) is 18.9 Å². The summed E-state index contributed by atoms with van der Waals surface area (Å²) in [6, 6.07) is -3.41. The Hall–Kier alpha value is -2.27. The normalized spacial score (nSPS) is 31.6. The summed E-state index contributed by atoms with van der Waals surface area (Å²) in [7, 11) is 0. The second-order valence-electron chi connectivity index (χ2n) is 5.23. The van der Waals surface area contributed by atoms with Crippen molar-refractivity contribution in [3.8, 4) is 0 Å². The fourth-order valence-electron chi connectivity index (χ4n) is 2.20. The van der Waals surface area contributed by atoms with Crippen molar-refractivity contribution in [1.82, 2.24) is 0 Å². The van der Waals surface area contributed by atoms with Crippen molar-refractivity contribution in [1.29, 1.82) is 0 Å². The van der Waals surface area contributed by atoms with E-state index in [0.717, 1.165) is 27.7 Å². The minimum absolute atomic E-state index is 0.620. The van der Waals surface area contributed by atoms with Crippen LogP contribution < -0.4 is 0 Å². The molecule has 0 radical (unpaired) electrons. The molecule has 1 aliphatic heterocycles. The van der Waals surface area contributed by atoms with E-state index < -0.39 is 60.9 Å². The fraction of sp³-hybridized carbons (Fsp3) is 0.714. The molecule has 1 heterocycles. The molecule has 1 fully saturated rings. The largest absolute Gasteiger partial charge is 0.463 e. The molecule has 0 bridgehead atoms. The molecule has 142 valence electrons. The van der Waals surface area contributed by atoms with E-state index in [1.54, 1.807) is 0 Å². The predicted molar refractivity (Wildman–Crippen MR) is 74.2 cm³/mol. The molecule has 1 rings (SSSR count). The maximum atomic E-state index is 14.8. The van der Waals surface area contributed by atoms with Gasteiger partial charge in [-0.05, 0) is 0 Å². The minimum atomic E-state index is -3.41. The van der Waals surface area contributed by atoms with E-state index in [-0.39, 0.29) is 0 Å². The van der Waals surface area contributed by atoms with Gasteiger partial charge in [-0.15, -0.1) is 0 Å². The summed E-state index contributed by atoms with van der Waals surface area (Å²) in [5.74, 6) is -3.68. The van der Waals surface area contributed by atoms with Crippen molar-refractivity contribution in [3.63, 3.8) is 0 Å². The lowest BCUT2D eigenvalue weighted by Gasteiger charge is -2.44. The first-order valence-corrected chi connectivity index (χ1v) is 7.18. The van der Waals surface area contributed by atoms with Crippen LogP contribution in [0.25, 0.3) is 0 Å². The molecular weight excluding hydrogens is 347 g/mol. The molecular formula is C14H19FO10. The minimum Gasteiger partial charge on any atom is -0.463 e. The van der Waals surface area contributed by atoms with Crippen LogP contribution in [0, 0.1) is 0 Å². The molecule has 1 saturated heterocycles. The van der Waals surface area contributed by atoms with Crippen LogP contribution in [0.5, 0.6) is 0 Å². The Kier molecular flexibility index (Phi) is 6.82. The molecule has 0 unspecified atom stereocenters. The number of aliphatic hydroxyl groups excluding tert-OH is 1. The number of rotatable bonds is 5. The molecule has 10 nitrogen and oxygen atoms in total. The Morgan fingerprint density at radius 3 is 1.92 bits per heavy atom. The maximum absolute atomic E-state index is 14.8. The van der Waals surface area contributed by atoms with Crippen molar-refractivity contribution >= 4 is 23.9 Å². The summed E-state index contributed by atoms with van der Waals surface area (Å²) in [5, 5.41) is 10.1. The van der Waals surface area contributed by atoms with Crippen LogP contribution in [0.2, 0.25) is 0 Å². The summed E-state index contributed by atoms with van der Waals surface area (Å²) < 4.78 is 38.5. The average Bonchev–Trinajstić information content (AvgIpc) is 2.43. The molecule has 0 spiro atoms. The molecule has 25 heavy (non-hydrogen) atoms. The Labute approximate surface area is 142 Å². The lowest BCUT2D eigenvalue weighted by Crippen LogP contribution is -2.66. The van der Waals surface area contributed by atoms with Gasteiger partial charge in [-0.3, -0.25) is 19.2 Å². The van der Waals surface area contributed by atoms with Gasteiger partial charge in [-0.1, -0.05) is 0 Å². The number of carbonyl (C=O) groups excluding carboxylic acids is 4. The van der Waals surface area contributed by atoms with E-state index in [1.807, 2.05) is 0 Å². The molecule has 0 aromatic rings. The number of hydrogen-bond acceptors (Lipinski definition) is 10. The van der Waals surface area contributed by atoms with Gasteiger partial charge in [0.25, 0.3) is 0 Å². The first-order chi connectivity index (χ1) is 11.5. The molecule has 1 aliphatic rings. The third-order valence-corrected chi connectivity index (χ3v) is 3.00. The third kappa shape index (κ3) is 5.64. The monoisotopic (exact) mass is 366 g/mol. The van der Waals surface area contributed by atoms with Crippen LogP contribution >= 0.6 is 0 Å². The number of ether oxygens (including phenoxy) is 5. The summed E-state index contributed by atoms with van der Waals surface area (Å²) in [6.45, 7) is 3.29. The molecule has 0 aromatic carbocycles. The van der Waals surface area contributed by atoms with Gasteiger partial charge >= 0.3 is 29.9 Å². The Morgan fingerprint density at radius 1 is 0.960 bits per heavy atom. The molecule has 0 aromatic heterocycles. The maximum Gasteiger partial charge on any atom is 0.396 e. The number of alkyl halides is 1. The van der Waals surface area contributed by atoms with E-state index in [2.05, 4.69) is 4.74 Å². The predicted octanol–water partition coefficient (Wildman–Crippen LogP) is -0.641. The topological polar surface area (TPSA) is 135 Å². The Morgan fingerprint density at radius 2 is 1.48 bits per heavy atom. The van der Waals surface area contributed by atoms with Gasteiger partial charge in [0.2, 0.25) is 0 Å². The standard InChI is InChI=1S/C14H19FO10/c1-6(16)21-5-10-11(22-7(2)17)12(23-8(3)18)13(20)14(15,25-10)24-9(4)19/h10-13,20H,5H2,1-4H3/t10-,11-,12+,13-,14+/m1/s1. The zero-order chi connectivity index (χ0) is 19.4. The van der Waals surface area contributed by atoms with Crippen LogP contribution in [-0.2, 0) is 42.9 Å². The molecule has 5 atom stereocenters. The van der Waals surface area contributed by atoms with Crippen LogP contribution in [0.1, 0.15) is 27.7 Å². The van der Waals surface area contributed by atoms with Crippen molar-refractivity contribution < 1.29 is 52.4 Å². The van der Waals surface area contributed by atoms with Crippen molar-refractivity contribution in [2.24, 2.45) is 0 Å². The smallest absolute Gasteiger partial charge is 0.396 e. The van der Waals surface area contributed by atoms with Crippen molar-refractivity contribution in [2.75, 3.05) is 6.61 Å². The van der Waals surface area contributed by atoms with Gasteiger partial charge in [0.15, 0.2) is 18.3 Å². The Balaban J connectivity index is 3.22. The lowest BCUT2D eigenvalue weighted by molar-refractivity contribution is -0.403. The summed E-state index contributed by atoms with van der Waals surface area (Å²) in [5.41, 5.74) is 0. The molecule has 0 saturated carbocycles. The molecule has 0 amide bonds. The lowest BCUT2D eigenvalue weighted by atomic mass is 9.97. The number of aliphatic hydroxyl groups is 1.